The number of hydrazine groups is 1. The Hall–Kier alpha value is -2.00. The zero-order valence-electron chi connectivity index (χ0n) is 9.69. The third-order valence-corrected chi connectivity index (χ3v) is 2.64. The van der Waals surface area contributed by atoms with E-state index >= 15 is 0 Å². The number of nitrogens with two attached hydrogens (primary N) is 1. The molecule has 0 aliphatic rings. The van der Waals surface area contributed by atoms with Crippen LogP contribution < -0.4 is 16.6 Å². The lowest BCUT2D eigenvalue weighted by molar-refractivity contribution is 1.02. The van der Waals surface area contributed by atoms with Crippen LogP contribution >= 0.6 is 0 Å². The molecule has 0 spiro atoms. The van der Waals surface area contributed by atoms with Crippen LogP contribution in [-0.4, -0.2) is 6.54 Å². The van der Waals surface area contributed by atoms with E-state index in [1.807, 2.05) is 30.3 Å². The van der Waals surface area contributed by atoms with Crippen LogP contribution in [0.15, 0.2) is 54.6 Å². The molecule has 17 heavy (non-hydrogen) atoms. The standard InChI is InChI=1S/C14H17N3/c15-17-14-8-6-13(7-9-14)16-11-10-12-4-2-1-3-5-12/h1-9,16-17H,10-11,15H2. The minimum absolute atomic E-state index is 0.915. The van der Waals surface area contributed by atoms with E-state index in [9.17, 15) is 0 Å². The molecule has 2 aromatic rings. The van der Waals surface area contributed by atoms with Gasteiger partial charge in [0.1, 0.15) is 0 Å². The maximum absolute atomic E-state index is 5.31. The monoisotopic (exact) mass is 227 g/mol. The summed E-state index contributed by atoms with van der Waals surface area (Å²) >= 11 is 0. The largest absolute Gasteiger partial charge is 0.385 e. The average Bonchev–Trinajstić information content (AvgIpc) is 2.41. The molecule has 0 amide bonds. The Balaban J connectivity index is 1.82. The highest BCUT2D eigenvalue weighted by Crippen LogP contribution is 2.12. The van der Waals surface area contributed by atoms with Crippen LogP contribution in [0.1, 0.15) is 5.56 Å². The van der Waals surface area contributed by atoms with Gasteiger partial charge in [0.05, 0.1) is 0 Å². The van der Waals surface area contributed by atoms with Gasteiger partial charge in [0, 0.05) is 17.9 Å². The Labute approximate surface area is 102 Å². The molecule has 2 aromatic carbocycles. The van der Waals surface area contributed by atoms with Gasteiger partial charge in [0.2, 0.25) is 0 Å². The van der Waals surface area contributed by atoms with Gasteiger partial charge in [0.25, 0.3) is 0 Å². The van der Waals surface area contributed by atoms with E-state index in [-0.39, 0.29) is 0 Å². The quantitative estimate of drug-likeness (QED) is 0.543. The fourth-order valence-corrected chi connectivity index (χ4v) is 1.68. The molecule has 88 valence electrons. The minimum atomic E-state index is 0.915. The van der Waals surface area contributed by atoms with E-state index < -0.39 is 0 Å². The first-order valence-corrected chi connectivity index (χ1v) is 5.73. The Morgan fingerprint density at radius 2 is 1.47 bits per heavy atom. The van der Waals surface area contributed by atoms with Gasteiger partial charge in [-0.1, -0.05) is 30.3 Å². The molecular formula is C14H17N3. The fraction of sp³-hybridized carbons (Fsp3) is 0.143. The Bertz CT molecular complexity index is 437. The molecule has 3 nitrogen and oxygen atoms in total. The molecule has 0 saturated heterocycles. The SMILES string of the molecule is NNc1ccc(NCCc2ccccc2)cc1. The molecule has 0 aliphatic heterocycles. The maximum Gasteiger partial charge on any atom is 0.0486 e. The van der Waals surface area contributed by atoms with Crippen molar-refractivity contribution in [3.63, 3.8) is 0 Å². The van der Waals surface area contributed by atoms with Crippen LogP contribution in [-0.2, 0) is 6.42 Å². The molecule has 0 unspecified atom stereocenters. The maximum atomic E-state index is 5.31. The molecule has 0 radical (unpaired) electrons. The van der Waals surface area contributed by atoms with Crippen LogP contribution in [0.4, 0.5) is 11.4 Å². The number of anilines is 2. The van der Waals surface area contributed by atoms with Crippen molar-refractivity contribution >= 4 is 11.4 Å². The number of nitrogens with one attached hydrogen (secondary N) is 2. The summed E-state index contributed by atoms with van der Waals surface area (Å²) in [5.41, 5.74) is 5.98. The molecule has 0 atom stereocenters. The Kier molecular flexibility index (Phi) is 4.00. The zero-order chi connectivity index (χ0) is 11.9. The molecule has 3 heteroatoms. The second-order valence-corrected chi connectivity index (χ2v) is 3.88. The van der Waals surface area contributed by atoms with Gasteiger partial charge in [-0.3, -0.25) is 5.84 Å². The molecule has 0 saturated carbocycles. The highest BCUT2D eigenvalue weighted by molar-refractivity contribution is 5.52. The normalized spacial score (nSPS) is 9.94. The molecule has 0 fully saturated rings. The fourth-order valence-electron chi connectivity index (χ4n) is 1.68. The Morgan fingerprint density at radius 3 is 2.12 bits per heavy atom. The molecule has 0 aliphatic carbocycles. The highest BCUT2D eigenvalue weighted by Gasteiger charge is 1.94. The first-order valence-electron chi connectivity index (χ1n) is 5.73. The van der Waals surface area contributed by atoms with Gasteiger partial charge >= 0.3 is 0 Å². The lowest BCUT2D eigenvalue weighted by Crippen LogP contribution is -2.07. The second kappa shape index (κ2) is 5.92. The van der Waals surface area contributed by atoms with Crippen LogP contribution in [0.3, 0.4) is 0 Å². The van der Waals surface area contributed by atoms with Gasteiger partial charge < -0.3 is 10.7 Å². The van der Waals surface area contributed by atoms with E-state index in [0.717, 1.165) is 24.3 Å². The van der Waals surface area contributed by atoms with Crippen LogP contribution in [0.25, 0.3) is 0 Å². The number of benzene rings is 2. The van der Waals surface area contributed by atoms with E-state index in [0.29, 0.717) is 0 Å². The van der Waals surface area contributed by atoms with E-state index in [1.54, 1.807) is 0 Å². The summed E-state index contributed by atoms with van der Waals surface area (Å²) in [5.74, 6) is 5.31. The van der Waals surface area contributed by atoms with Crippen molar-refractivity contribution in [1.82, 2.24) is 0 Å². The Morgan fingerprint density at radius 1 is 0.824 bits per heavy atom. The summed E-state index contributed by atoms with van der Waals surface area (Å²) < 4.78 is 0. The summed E-state index contributed by atoms with van der Waals surface area (Å²) in [4.78, 5) is 0. The van der Waals surface area contributed by atoms with Gasteiger partial charge in [-0.15, -0.1) is 0 Å². The minimum Gasteiger partial charge on any atom is -0.385 e. The highest BCUT2D eigenvalue weighted by atomic mass is 15.2. The summed E-state index contributed by atoms with van der Waals surface area (Å²) in [6, 6.07) is 18.4. The predicted octanol–water partition coefficient (Wildman–Crippen LogP) is 2.63. The predicted molar refractivity (Wildman–Crippen MR) is 72.9 cm³/mol. The third kappa shape index (κ3) is 3.50. The van der Waals surface area contributed by atoms with E-state index in [2.05, 4.69) is 35.0 Å². The van der Waals surface area contributed by atoms with Crippen molar-refractivity contribution in [1.29, 1.82) is 0 Å². The number of hydrogen-bond acceptors (Lipinski definition) is 3. The number of rotatable bonds is 5. The van der Waals surface area contributed by atoms with E-state index in [4.69, 9.17) is 5.84 Å². The van der Waals surface area contributed by atoms with Crippen molar-refractivity contribution in [2.45, 2.75) is 6.42 Å². The van der Waals surface area contributed by atoms with Gasteiger partial charge in [-0.25, -0.2) is 0 Å². The number of nitrogen functional groups attached to an aromatic ring is 1. The molecule has 0 aromatic heterocycles. The van der Waals surface area contributed by atoms with Crippen molar-refractivity contribution in [3.05, 3.63) is 60.2 Å². The van der Waals surface area contributed by atoms with Crippen molar-refractivity contribution in [3.8, 4) is 0 Å². The van der Waals surface area contributed by atoms with Gasteiger partial charge in [0.15, 0.2) is 0 Å². The second-order valence-electron chi connectivity index (χ2n) is 3.88. The molecule has 4 N–H and O–H groups in total. The molecule has 2 rings (SSSR count). The van der Waals surface area contributed by atoms with Gasteiger partial charge in [-0.05, 0) is 36.2 Å². The molecule has 0 bridgehead atoms. The van der Waals surface area contributed by atoms with E-state index in [1.165, 1.54) is 5.56 Å². The zero-order valence-corrected chi connectivity index (χ0v) is 9.69. The summed E-state index contributed by atoms with van der Waals surface area (Å²) in [7, 11) is 0. The third-order valence-electron chi connectivity index (χ3n) is 2.64. The average molecular weight is 227 g/mol. The van der Waals surface area contributed by atoms with Gasteiger partial charge in [-0.2, -0.15) is 0 Å². The smallest absolute Gasteiger partial charge is 0.0486 e. The lowest BCUT2D eigenvalue weighted by atomic mass is 10.1. The van der Waals surface area contributed by atoms with Crippen molar-refractivity contribution in [2.75, 3.05) is 17.3 Å². The lowest BCUT2D eigenvalue weighted by Gasteiger charge is -2.07. The number of hydrogen-bond donors (Lipinski definition) is 3. The summed E-state index contributed by atoms with van der Waals surface area (Å²) in [6.45, 7) is 0.930. The molecular weight excluding hydrogens is 210 g/mol. The summed E-state index contributed by atoms with van der Waals surface area (Å²) in [6.07, 6.45) is 1.03. The topological polar surface area (TPSA) is 50.1 Å². The first kappa shape index (κ1) is 11.5. The molecule has 0 heterocycles. The van der Waals surface area contributed by atoms with Crippen LogP contribution in [0.5, 0.6) is 0 Å². The van der Waals surface area contributed by atoms with Crippen LogP contribution in [0.2, 0.25) is 0 Å². The first-order chi connectivity index (χ1) is 8.38. The summed E-state index contributed by atoms with van der Waals surface area (Å²) in [5, 5.41) is 3.38. The van der Waals surface area contributed by atoms with Crippen LogP contribution in [0, 0.1) is 0 Å². The van der Waals surface area contributed by atoms with Crippen molar-refractivity contribution in [2.24, 2.45) is 5.84 Å². The van der Waals surface area contributed by atoms with Crippen molar-refractivity contribution < 1.29 is 0 Å².